The van der Waals surface area contributed by atoms with Crippen LogP contribution in [0.25, 0.3) is 5.95 Å². The Morgan fingerprint density at radius 1 is 1.30 bits per heavy atom. The van der Waals surface area contributed by atoms with Gasteiger partial charge in [0.05, 0.1) is 0 Å². The highest BCUT2D eigenvalue weighted by atomic mass is 35.5. The monoisotopic (exact) mass is 292 g/mol. The van der Waals surface area contributed by atoms with Crippen molar-refractivity contribution in [1.29, 1.82) is 0 Å². The summed E-state index contributed by atoms with van der Waals surface area (Å²) >= 11 is 5.86. The van der Waals surface area contributed by atoms with Gasteiger partial charge in [-0.3, -0.25) is 0 Å². The number of hydrogen-bond acceptors (Lipinski definition) is 8. The normalized spacial score (nSPS) is 10.7. The van der Waals surface area contributed by atoms with E-state index in [2.05, 4.69) is 35.5 Å². The fourth-order valence-electron chi connectivity index (χ4n) is 1.50. The molecule has 0 saturated heterocycles. The molecule has 20 heavy (non-hydrogen) atoms. The van der Waals surface area contributed by atoms with E-state index >= 15 is 0 Å². The van der Waals surface area contributed by atoms with Crippen LogP contribution in [-0.2, 0) is 6.42 Å². The lowest BCUT2D eigenvalue weighted by atomic mass is 10.4. The number of nitrogens with one attached hydrogen (secondary N) is 1. The van der Waals surface area contributed by atoms with Crippen molar-refractivity contribution in [2.24, 2.45) is 0 Å². The van der Waals surface area contributed by atoms with Crippen LogP contribution >= 0.6 is 11.6 Å². The molecule has 0 aromatic carbocycles. The fourth-order valence-corrected chi connectivity index (χ4v) is 1.65. The summed E-state index contributed by atoms with van der Waals surface area (Å²) < 4.78 is 6.38. The fraction of sp³-hybridized carbons (Fsp3) is 0.200. The molecule has 0 saturated carbocycles. The van der Waals surface area contributed by atoms with Gasteiger partial charge in [-0.05, 0) is 17.7 Å². The van der Waals surface area contributed by atoms with Crippen LogP contribution in [-0.4, -0.2) is 41.4 Å². The van der Waals surface area contributed by atoms with E-state index in [9.17, 15) is 0 Å². The van der Waals surface area contributed by atoms with Crippen LogP contribution in [0.2, 0.25) is 5.28 Å². The highest BCUT2D eigenvalue weighted by Crippen LogP contribution is 2.08. The largest absolute Gasteiger partial charge is 0.354 e. The molecule has 0 spiro atoms. The average Bonchev–Trinajstić information content (AvgIpc) is 3.11. The molecule has 102 valence electrons. The molecule has 0 aliphatic heterocycles. The van der Waals surface area contributed by atoms with E-state index in [-0.39, 0.29) is 5.28 Å². The van der Waals surface area contributed by atoms with Crippen molar-refractivity contribution in [2.45, 2.75) is 6.42 Å². The molecule has 0 radical (unpaired) electrons. The minimum Gasteiger partial charge on any atom is -0.354 e. The molecule has 3 aromatic heterocycles. The molecule has 0 unspecified atom stereocenters. The van der Waals surface area contributed by atoms with Crippen LogP contribution < -0.4 is 5.32 Å². The lowest BCUT2D eigenvalue weighted by molar-refractivity contribution is 0.379. The molecule has 0 atom stereocenters. The highest BCUT2D eigenvalue weighted by Gasteiger charge is 2.07. The number of nitrogens with zero attached hydrogens (tertiary/aromatic N) is 7. The Kier molecular flexibility index (Phi) is 3.50. The molecule has 0 fully saturated rings. The lowest BCUT2D eigenvalue weighted by Gasteiger charge is -2.05. The van der Waals surface area contributed by atoms with E-state index in [1.807, 2.05) is 0 Å². The first-order valence-corrected chi connectivity index (χ1v) is 6.10. The van der Waals surface area contributed by atoms with E-state index in [4.69, 9.17) is 16.1 Å². The summed E-state index contributed by atoms with van der Waals surface area (Å²) in [5.41, 5.74) is 0. The maximum absolute atomic E-state index is 5.86. The van der Waals surface area contributed by atoms with E-state index < -0.39 is 0 Å². The van der Waals surface area contributed by atoms with Gasteiger partial charge in [-0.25, -0.2) is 4.68 Å². The Morgan fingerprint density at radius 3 is 3.00 bits per heavy atom. The summed E-state index contributed by atoms with van der Waals surface area (Å²) in [5.74, 6) is 1.23. The molecule has 0 aliphatic rings. The smallest absolute Gasteiger partial charge is 0.256 e. The molecular weight excluding hydrogens is 284 g/mol. The maximum atomic E-state index is 5.86. The van der Waals surface area contributed by atoms with Crippen molar-refractivity contribution < 1.29 is 4.52 Å². The van der Waals surface area contributed by atoms with Gasteiger partial charge in [0, 0.05) is 25.4 Å². The summed E-state index contributed by atoms with van der Waals surface area (Å²) in [6.07, 6.45) is 5.25. The molecule has 9 nitrogen and oxygen atoms in total. The van der Waals surface area contributed by atoms with Crippen LogP contribution in [0.5, 0.6) is 0 Å². The number of rotatable bonds is 5. The van der Waals surface area contributed by atoms with Crippen molar-refractivity contribution in [2.75, 3.05) is 11.9 Å². The standard InChI is InChI=1S/C10H9ClN8O/c11-8-16-9(12-4-2-7-13-6-15-20-7)18-10(17-8)19-5-1-3-14-19/h1,3,5-6H,2,4H2,(H,12,16,17,18). The lowest BCUT2D eigenvalue weighted by Crippen LogP contribution is -2.11. The number of halogens is 1. The quantitative estimate of drug-likeness (QED) is 0.734. The molecule has 1 N–H and O–H groups in total. The van der Waals surface area contributed by atoms with Crippen molar-refractivity contribution in [3.63, 3.8) is 0 Å². The first-order chi connectivity index (χ1) is 9.81. The predicted molar refractivity (Wildman–Crippen MR) is 68.5 cm³/mol. The minimum absolute atomic E-state index is 0.0887. The molecule has 3 rings (SSSR count). The minimum atomic E-state index is 0.0887. The third kappa shape index (κ3) is 2.88. The average molecular weight is 293 g/mol. The van der Waals surface area contributed by atoms with Gasteiger partial charge in [-0.2, -0.15) is 25.0 Å². The zero-order valence-corrected chi connectivity index (χ0v) is 10.9. The van der Waals surface area contributed by atoms with Gasteiger partial charge in [0.2, 0.25) is 17.1 Å². The second-order valence-electron chi connectivity index (χ2n) is 3.69. The summed E-state index contributed by atoms with van der Waals surface area (Å²) in [6, 6.07) is 1.76. The Bertz CT molecular complexity index is 669. The van der Waals surface area contributed by atoms with Crippen molar-refractivity contribution in [1.82, 2.24) is 34.9 Å². The maximum Gasteiger partial charge on any atom is 0.256 e. The number of aromatic nitrogens is 7. The van der Waals surface area contributed by atoms with E-state index in [1.54, 1.807) is 18.5 Å². The van der Waals surface area contributed by atoms with Gasteiger partial charge < -0.3 is 9.84 Å². The second kappa shape index (κ2) is 5.61. The first-order valence-electron chi connectivity index (χ1n) is 5.72. The molecule has 10 heteroatoms. The molecule has 0 bridgehead atoms. The van der Waals surface area contributed by atoms with Gasteiger partial charge in [-0.15, -0.1) is 0 Å². The van der Waals surface area contributed by atoms with Crippen LogP contribution in [0.15, 0.2) is 29.3 Å². The summed E-state index contributed by atoms with van der Waals surface area (Å²) in [4.78, 5) is 16.1. The predicted octanol–water partition coefficient (Wildman–Crippen LogP) is 0.748. The summed E-state index contributed by atoms with van der Waals surface area (Å²) in [6.45, 7) is 0.529. The van der Waals surface area contributed by atoms with E-state index in [1.165, 1.54) is 11.0 Å². The van der Waals surface area contributed by atoms with Crippen molar-refractivity contribution >= 4 is 17.5 Å². The number of hydrogen-bond donors (Lipinski definition) is 1. The molecular formula is C10H9ClN8O. The van der Waals surface area contributed by atoms with E-state index in [0.717, 1.165) is 0 Å². The third-order valence-corrected chi connectivity index (χ3v) is 2.50. The van der Waals surface area contributed by atoms with Crippen molar-refractivity contribution in [3.05, 3.63) is 36.0 Å². The molecule has 3 aromatic rings. The van der Waals surface area contributed by atoms with Gasteiger partial charge in [0.1, 0.15) is 0 Å². The third-order valence-electron chi connectivity index (χ3n) is 2.33. The summed E-state index contributed by atoms with van der Waals surface area (Å²) in [5, 5.41) is 10.7. The number of anilines is 1. The van der Waals surface area contributed by atoms with Gasteiger partial charge in [-0.1, -0.05) is 5.16 Å². The SMILES string of the molecule is Clc1nc(NCCc2ncno2)nc(-n2cccn2)n1. The van der Waals surface area contributed by atoms with Gasteiger partial charge in [0.25, 0.3) is 5.95 Å². The summed E-state index contributed by atoms with van der Waals surface area (Å²) in [7, 11) is 0. The van der Waals surface area contributed by atoms with Crippen LogP contribution in [0.4, 0.5) is 5.95 Å². The van der Waals surface area contributed by atoms with Gasteiger partial charge >= 0.3 is 0 Å². The Hall–Kier alpha value is -2.55. The van der Waals surface area contributed by atoms with Crippen LogP contribution in [0, 0.1) is 0 Å². The molecule has 0 amide bonds. The topological polar surface area (TPSA) is 107 Å². The highest BCUT2D eigenvalue weighted by molar-refractivity contribution is 6.28. The van der Waals surface area contributed by atoms with E-state index in [0.29, 0.717) is 30.8 Å². The van der Waals surface area contributed by atoms with Crippen LogP contribution in [0.1, 0.15) is 5.89 Å². The first kappa shape index (κ1) is 12.5. The zero-order valence-electron chi connectivity index (χ0n) is 10.1. The Balaban J connectivity index is 1.70. The molecule has 3 heterocycles. The zero-order chi connectivity index (χ0) is 13.8. The van der Waals surface area contributed by atoms with Gasteiger partial charge in [0.15, 0.2) is 6.33 Å². The molecule has 0 aliphatic carbocycles. The van der Waals surface area contributed by atoms with Crippen LogP contribution in [0.3, 0.4) is 0 Å². The Morgan fingerprint density at radius 2 is 2.25 bits per heavy atom. The van der Waals surface area contributed by atoms with Crippen molar-refractivity contribution in [3.8, 4) is 5.95 Å². The second-order valence-corrected chi connectivity index (χ2v) is 4.03. The Labute approximate surface area is 118 Å².